The quantitative estimate of drug-likeness (QED) is 0.778. The Labute approximate surface area is 115 Å². The van der Waals surface area contributed by atoms with E-state index in [-0.39, 0.29) is 5.41 Å². The number of hydrogen-bond acceptors (Lipinski definition) is 4. The second-order valence-corrected chi connectivity index (χ2v) is 6.97. The SMILES string of the molecule is CC(C)(C)c1ccnc(N2CCC3(CCOC3)C2)n1. The molecule has 2 aliphatic heterocycles. The van der Waals surface area contributed by atoms with Crippen molar-refractivity contribution >= 4 is 5.95 Å². The minimum Gasteiger partial charge on any atom is -0.381 e. The fourth-order valence-corrected chi connectivity index (χ4v) is 3.00. The summed E-state index contributed by atoms with van der Waals surface area (Å²) < 4.78 is 5.58. The van der Waals surface area contributed by atoms with E-state index in [1.54, 1.807) is 0 Å². The number of nitrogens with zero attached hydrogens (tertiary/aromatic N) is 3. The van der Waals surface area contributed by atoms with Crippen molar-refractivity contribution in [2.24, 2.45) is 5.41 Å². The van der Waals surface area contributed by atoms with Crippen LogP contribution in [0.25, 0.3) is 0 Å². The summed E-state index contributed by atoms with van der Waals surface area (Å²) in [4.78, 5) is 11.5. The third-order valence-corrected chi connectivity index (χ3v) is 4.32. The van der Waals surface area contributed by atoms with Gasteiger partial charge in [-0.3, -0.25) is 0 Å². The summed E-state index contributed by atoms with van der Waals surface area (Å²) in [6.07, 6.45) is 4.28. The minimum atomic E-state index is 0.0750. The molecular weight excluding hydrogens is 238 g/mol. The highest BCUT2D eigenvalue weighted by Crippen LogP contribution is 2.39. The number of hydrogen-bond donors (Lipinski definition) is 0. The molecule has 0 saturated carbocycles. The molecule has 4 heteroatoms. The van der Waals surface area contributed by atoms with E-state index in [9.17, 15) is 0 Å². The Bertz CT molecular complexity index is 461. The van der Waals surface area contributed by atoms with E-state index in [1.807, 2.05) is 12.3 Å². The molecule has 0 aliphatic carbocycles. The molecule has 2 saturated heterocycles. The first-order chi connectivity index (χ1) is 8.99. The van der Waals surface area contributed by atoms with Crippen molar-refractivity contribution in [1.29, 1.82) is 0 Å². The molecule has 0 aromatic carbocycles. The molecule has 1 spiro atoms. The zero-order chi connectivity index (χ0) is 13.5. The zero-order valence-corrected chi connectivity index (χ0v) is 12.1. The molecular formula is C15H23N3O. The van der Waals surface area contributed by atoms with Crippen molar-refractivity contribution in [3.63, 3.8) is 0 Å². The smallest absolute Gasteiger partial charge is 0.225 e. The predicted octanol–water partition coefficient (Wildman–Crippen LogP) is 2.39. The van der Waals surface area contributed by atoms with Crippen LogP contribution in [0.1, 0.15) is 39.3 Å². The first-order valence-corrected chi connectivity index (χ1v) is 7.15. The van der Waals surface area contributed by atoms with Crippen molar-refractivity contribution in [2.45, 2.75) is 39.0 Å². The van der Waals surface area contributed by atoms with Gasteiger partial charge in [-0.2, -0.15) is 0 Å². The lowest BCUT2D eigenvalue weighted by molar-refractivity contribution is 0.160. The molecule has 1 unspecified atom stereocenters. The van der Waals surface area contributed by atoms with Crippen molar-refractivity contribution < 1.29 is 4.74 Å². The topological polar surface area (TPSA) is 38.2 Å². The molecule has 1 aromatic rings. The lowest BCUT2D eigenvalue weighted by Gasteiger charge is -2.23. The van der Waals surface area contributed by atoms with Crippen LogP contribution in [0.5, 0.6) is 0 Å². The van der Waals surface area contributed by atoms with Gasteiger partial charge in [-0.1, -0.05) is 20.8 Å². The first-order valence-electron chi connectivity index (χ1n) is 7.15. The number of anilines is 1. The maximum atomic E-state index is 5.58. The van der Waals surface area contributed by atoms with Crippen LogP contribution >= 0.6 is 0 Å². The summed E-state index contributed by atoms with van der Waals surface area (Å²) in [5, 5.41) is 0. The molecule has 2 fully saturated rings. The molecule has 0 amide bonds. The Hall–Kier alpha value is -1.16. The largest absolute Gasteiger partial charge is 0.381 e. The summed E-state index contributed by atoms with van der Waals surface area (Å²) in [5.41, 5.74) is 1.55. The Balaban J connectivity index is 1.80. The van der Waals surface area contributed by atoms with Crippen LogP contribution in [-0.2, 0) is 10.2 Å². The number of rotatable bonds is 1. The average molecular weight is 261 g/mol. The highest BCUT2D eigenvalue weighted by Gasteiger charge is 2.42. The Morgan fingerprint density at radius 2 is 2.16 bits per heavy atom. The standard InChI is InChI=1S/C15H23N3O/c1-14(2,3)12-4-7-16-13(17-12)18-8-5-15(10-18)6-9-19-11-15/h4,7H,5-6,8-11H2,1-3H3. The van der Waals surface area contributed by atoms with Gasteiger partial charge in [0.25, 0.3) is 0 Å². The maximum Gasteiger partial charge on any atom is 0.225 e. The minimum absolute atomic E-state index is 0.0750. The highest BCUT2D eigenvalue weighted by atomic mass is 16.5. The molecule has 1 aromatic heterocycles. The van der Waals surface area contributed by atoms with Crippen LogP contribution in [0.2, 0.25) is 0 Å². The second-order valence-electron chi connectivity index (χ2n) is 6.97. The number of aromatic nitrogens is 2. The fourth-order valence-electron chi connectivity index (χ4n) is 3.00. The van der Waals surface area contributed by atoms with Gasteiger partial charge < -0.3 is 9.64 Å². The van der Waals surface area contributed by atoms with E-state index in [0.717, 1.165) is 37.9 Å². The molecule has 0 N–H and O–H groups in total. The van der Waals surface area contributed by atoms with E-state index in [1.165, 1.54) is 12.8 Å². The Morgan fingerprint density at radius 1 is 1.32 bits per heavy atom. The Morgan fingerprint density at radius 3 is 2.84 bits per heavy atom. The average Bonchev–Trinajstić information content (AvgIpc) is 3.00. The van der Waals surface area contributed by atoms with Gasteiger partial charge in [-0.05, 0) is 18.9 Å². The molecule has 104 valence electrons. The normalized spacial score (nSPS) is 27.4. The van der Waals surface area contributed by atoms with Gasteiger partial charge in [0, 0.05) is 36.7 Å². The molecule has 2 aliphatic rings. The van der Waals surface area contributed by atoms with Crippen LogP contribution in [0, 0.1) is 5.41 Å². The van der Waals surface area contributed by atoms with Gasteiger partial charge in [0.2, 0.25) is 5.95 Å². The molecule has 1 atom stereocenters. The van der Waals surface area contributed by atoms with E-state index in [0.29, 0.717) is 5.41 Å². The second kappa shape index (κ2) is 4.44. The first kappa shape index (κ1) is 12.9. The van der Waals surface area contributed by atoms with Crippen molar-refractivity contribution in [3.05, 3.63) is 18.0 Å². The van der Waals surface area contributed by atoms with Gasteiger partial charge in [0.05, 0.1) is 12.3 Å². The van der Waals surface area contributed by atoms with Gasteiger partial charge >= 0.3 is 0 Å². The van der Waals surface area contributed by atoms with Gasteiger partial charge in [-0.25, -0.2) is 9.97 Å². The van der Waals surface area contributed by atoms with Gasteiger partial charge in [0.15, 0.2) is 0 Å². The lowest BCUT2D eigenvalue weighted by Crippen LogP contribution is -2.29. The Kier molecular flexibility index (Phi) is 3.01. The van der Waals surface area contributed by atoms with Crippen LogP contribution < -0.4 is 4.90 Å². The maximum absolute atomic E-state index is 5.58. The monoisotopic (exact) mass is 261 g/mol. The molecule has 3 heterocycles. The van der Waals surface area contributed by atoms with Crippen molar-refractivity contribution in [3.8, 4) is 0 Å². The molecule has 0 bridgehead atoms. The van der Waals surface area contributed by atoms with E-state index in [2.05, 4.69) is 30.7 Å². The highest BCUT2D eigenvalue weighted by molar-refractivity contribution is 5.34. The van der Waals surface area contributed by atoms with Crippen molar-refractivity contribution in [1.82, 2.24) is 9.97 Å². The summed E-state index contributed by atoms with van der Waals surface area (Å²) in [6.45, 7) is 10.5. The van der Waals surface area contributed by atoms with Crippen LogP contribution in [0.3, 0.4) is 0 Å². The predicted molar refractivity (Wildman–Crippen MR) is 75.4 cm³/mol. The van der Waals surface area contributed by atoms with Crippen molar-refractivity contribution in [2.75, 3.05) is 31.2 Å². The summed E-state index contributed by atoms with van der Waals surface area (Å²) >= 11 is 0. The molecule has 4 nitrogen and oxygen atoms in total. The fraction of sp³-hybridized carbons (Fsp3) is 0.733. The third kappa shape index (κ3) is 2.46. The van der Waals surface area contributed by atoms with Crippen LogP contribution in [0.15, 0.2) is 12.3 Å². The van der Waals surface area contributed by atoms with E-state index in [4.69, 9.17) is 9.72 Å². The summed E-state index contributed by atoms with van der Waals surface area (Å²) in [5.74, 6) is 0.885. The lowest BCUT2D eigenvalue weighted by atomic mass is 9.87. The third-order valence-electron chi connectivity index (χ3n) is 4.32. The van der Waals surface area contributed by atoms with E-state index < -0.39 is 0 Å². The van der Waals surface area contributed by atoms with Crippen LogP contribution in [0.4, 0.5) is 5.95 Å². The molecule has 3 rings (SSSR count). The summed E-state index contributed by atoms with van der Waals surface area (Å²) in [7, 11) is 0. The van der Waals surface area contributed by atoms with E-state index >= 15 is 0 Å². The van der Waals surface area contributed by atoms with Gasteiger partial charge in [-0.15, -0.1) is 0 Å². The van der Waals surface area contributed by atoms with Crippen LogP contribution in [-0.4, -0.2) is 36.3 Å². The number of ether oxygens (including phenoxy) is 1. The summed E-state index contributed by atoms with van der Waals surface area (Å²) in [6, 6.07) is 2.02. The molecule has 0 radical (unpaired) electrons. The van der Waals surface area contributed by atoms with Gasteiger partial charge in [0.1, 0.15) is 0 Å². The molecule has 19 heavy (non-hydrogen) atoms. The zero-order valence-electron chi connectivity index (χ0n) is 12.1.